The monoisotopic (exact) mass is 640 g/mol. The van der Waals surface area contributed by atoms with Crippen LogP contribution in [-0.2, 0) is 6.42 Å². The van der Waals surface area contributed by atoms with Crippen molar-refractivity contribution in [3.05, 3.63) is 194 Å². The van der Waals surface area contributed by atoms with E-state index in [1.54, 1.807) is 0 Å². The second-order valence-corrected chi connectivity index (χ2v) is 16.1. The van der Waals surface area contributed by atoms with E-state index >= 15 is 0 Å². The van der Waals surface area contributed by atoms with Gasteiger partial charge in [0.05, 0.1) is 0 Å². The highest BCUT2D eigenvalue weighted by atomic mass is 31.1. The van der Waals surface area contributed by atoms with Crippen molar-refractivity contribution < 1.29 is 0 Å². The molecule has 0 heterocycles. The van der Waals surface area contributed by atoms with Gasteiger partial charge in [0.1, 0.15) is 0 Å². The summed E-state index contributed by atoms with van der Waals surface area (Å²) in [5.41, 5.74) is 5.64. The SMILES string of the molecule is C=C/C=C\C=C/CP(c1ccccc1)c1ccc2c(c1-c1c(P(c3ccccc3)c3ccccc3)ccc3ccccc13)C=CCC2. The van der Waals surface area contributed by atoms with E-state index in [0.29, 0.717) is 0 Å². The molecule has 0 saturated carbocycles. The van der Waals surface area contributed by atoms with E-state index in [2.05, 4.69) is 176 Å². The molecule has 0 nitrogen and oxygen atoms in total. The van der Waals surface area contributed by atoms with E-state index in [4.69, 9.17) is 0 Å². The molecular weight excluding hydrogens is 602 g/mol. The van der Waals surface area contributed by atoms with Crippen LogP contribution in [-0.4, -0.2) is 6.16 Å². The Kier molecular flexibility index (Phi) is 9.82. The molecule has 1 aliphatic carbocycles. The average Bonchev–Trinajstić information content (AvgIpc) is 3.14. The van der Waals surface area contributed by atoms with Gasteiger partial charge in [0.15, 0.2) is 0 Å². The van der Waals surface area contributed by atoms with Gasteiger partial charge < -0.3 is 0 Å². The summed E-state index contributed by atoms with van der Waals surface area (Å²) >= 11 is 0. The van der Waals surface area contributed by atoms with Crippen molar-refractivity contribution >= 4 is 59.2 Å². The highest BCUT2D eigenvalue weighted by molar-refractivity contribution is 7.80. The van der Waals surface area contributed by atoms with Crippen LogP contribution in [0.25, 0.3) is 28.0 Å². The first kappa shape index (κ1) is 31.0. The number of aryl methyl sites for hydroxylation is 1. The van der Waals surface area contributed by atoms with E-state index in [1.165, 1.54) is 59.5 Å². The lowest BCUT2D eigenvalue weighted by Gasteiger charge is -2.29. The Hall–Kier alpha value is -4.60. The van der Waals surface area contributed by atoms with Gasteiger partial charge in [0.2, 0.25) is 0 Å². The number of allylic oxidation sites excluding steroid dienone is 6. The molecule has 1 atom stereocenters. The van der Waals surface area contributed by atoms with Crippen LogP contribution in [0.5, 0.6) is 0 Å². The molecule has 6 aromatic rings. The van der Waals surface area contributed by atoms with Gasteiger partial charge in [-0.15, -0.1) is 0 Å². The second kappa shape index (κ2) is 14.9. The van der Waals surface area contributed by atoms with Crippen LogP contribution in [0.2, 0.25) is 0 Å². The zero-order valence-corrected chi connectivity index (χ0v) is 28.3. The fourth-order valence-electron chi connectivity index (χ4n) is 6.62. The minimum absolute atomic E-state index is 0.700. The highest BCUT2D eigenvalue weighted by Gasteiger charge is 2.28. The van der Waals surface area contributed by atoms with Crippen molar-refractivity contribution in [2.24, 2.45) is 0 Å². The summed E-state index contributed by atoms with van der Waals surface area (Å²) in [5, 5.41) is 9.61. The number of fused-ring (bicyclic) bond motifs is 2. The van der Waals surface area contributed by atoms with Gasteiger partial charge in [-0.3, -0.25) is 0 Å². The number of hydrogen-bond acceptors (Lipinski definition) is 0. The normalized spacial score (nSPS) is 13.4. The predicted octanol–water partition coefficient (Wildman–Crippen LogP) is 9.96. The molecular formula is C45H38P2. The standard InChI is InChI=1S/C45H38P2/c1-2-3-4-5-19-34-46(37-22-9-6-10-23-37)42-32-30-35-20-15-17-28-40(35)44(42)45-41-29-18-16-21-36(41)31-33-43(45)47(38-24-11-7-12-25-38)39-26-13-8-14-27-39/h2-14,16-19,21-33H,1,15,20,34H2/b4-3-,19-5-. The smallest absolute Gasteiger partial charge is 0.000907 e. The third-order valence-electron chi connectivity index (χ3n) is 8.75. The quantitative estimate of drug-likeness (QED) is 0.103. The third kappa shape index (κ3) is 6.64. The third-order valence-corrected chi connectivity index (χ3v) is 13.7. The molecule has 1 unspecified atom stereocenters. The highest BCUT2D eigenvalue weighted by Crippen LogP contribution is 2.46. The van der Waals surface area contributed by atoms with Gasteiger partial charge >= 0.3 is 0 Å². The molecule has 0 spiro atoms. The lowest BCUT2D eigenvalue weighted by Crippen LogP contribution is -2.25. The topological polar surface area (TPSA) is 0 Å². The zero-order chi connectivity index (χ0) is 31.8. The minimum Gasteiger partial charge on any atom is -0.0991 e. The van der Waals surface area contributed by atoms with Gasteiger partial charge in [-0.1, -0.05) is 189 Å². The molecule has 2 heteroatoms. The lowest BCUT2D eigenvalue weighted by atomic mass is 9.88. The van der Waals surface area contributed by atoms with E-state index in [1.807, 2.05) is 12.2 Å². The van der Waals surface area contributed by atoms with Gasteiger partial charge in [0, 0.05) is 0 Å². The Bertz CT molecular complexity index is 2030. The summed E-state index contributed by atoms with van der Waals surface area (Å²) in [6.45, 7) is 3.84. The summed E-state index contributed by atoms with van der Waals surface area (Å²) in [7, 11) is -1.53. The molecule has 6 aromatic carbocycles. The summed E-state index contributed by atoms with van der Waals surface area (Å²) < 4.78 is 0. The van der Waals surface area contributed by atoms with Crippen molar-refractivity contribution in [1.29, 1.82) is 0 Å². The van der Waals surface area contributed by atoms with Crippen LogP contribution in [0.1, 0.15) is 17.5 Å². The fourth-order valence-corrected chi connectivity index (χ4v) is 11.4. The van der Waals surface area contributed by atoms with Crippen LogP contribution < -0.4 is 26.5 Å². The number of rotatable bonds is 10. The average molecular weight is 641 g/mol. The predicted molar refractivity (Wildman–Crippen MR) is 211 cm³/mol. The molecule has 0 N–H and O–H groups in total. The maximum Gasteiger partial charge on any atom is -0.000907 e. The summed E-state index contributed by atoms with van der Waals surface area (Å²) in [5.74, 6) is 0. The summed E-state index contributed by atoms with van der Waals surface area (Å²) in [6.07, 6.45) is 18.3. The Morgan fingerprint density at radius 3 is 1.91 bits per heavy atom. The van der Waals surface area contributed by atoms with Crippen molar-refractivity contribution in [2.75, 3.05) is 6.16 Å². The first-order valence-corrected chi connectivity index (χ1v) is 19.2. The van der Waals surface area contributed by atoms with Crippen LogP contribution in [0.3, 0.4) is 0 Å². The maximum atomic E-state index is 3.84. The molecule has 0 fully saturated rings. The molecule has 1 aliphatic rings. The molecule has 0 aromatic heterocycles. The van der Waals surface area contributed by atoms with E-state index in [-0.39, 0.29) is 0 Å². The van der Waals surface area contributed by atoms with Crippen LogP contribution >= 0.6 is 15.8 Å². The molecule has 0 aliphatic heterocycles. The van der Waals surface area contributed by atoms with Gasteiger partial charge in [-0.2, -0.15) is 0 Å². The van der Waals surface area contributed by atoms with Crippen molar-refractivity contribution in [3.63, 3.8) is 0 Å². The largest absolute Gasteiger partial charge is 0.0991 e. The van der Waals surface area contributed by atoms with Gasteiger partial charge in [0.25, 0.3) is 0 Å². The molecule has 0 saturated heterocycles. The molecule has 7 rings (SSSR count). The first-order valence-electron chi connectivity index (χ1n) is 16.3. The van der Waals surface area contributed by atoms with E-state index < -0.39 is 15.8 Å². The Morgan fingerprint density at radius 1 is 0.574 bits per heavy atom. The van der Waals surface area contributed by atoms with Gasteiger partial charge in [-0.25, -0.2) is 0 Å². The molecule has 0 bridgehead atoms. The van der Waals surface area contributed by atoms with Gasteiger partial charge in [-0.05, 0) is 94.4 Å². The number of hydrogen-bond donors (Lipinski definition) is 0. The van der Waals surface area contributed by atoms with Crippen LogP contribution in [0.15, 0.2) is 183 Å². The van der Waals surface area contributed by atoms with Crippen LogP contribution in [0, 0.1) is 0 Å². The minimum atomic E-state index is -0.830. The molecule has 228 valence electrons. The summed E-state index contributed by atoms with van der Waals surface area (Å²) in [4.78, 5) is 0. The zero-order valence-electron chi connectivity index (χ0n) is 26.5. The Balaban J connectivity index is 1.56. The Labute approximate surface area is 282 Å². The molecule has 0 amide bonds. The number of benzene rings is 6. The maximum absolute atomic E-state index is 3.84. The summed E-state index contributed by atoms with van der Waals surface area (Å²) in [6, 6.07) is 52.1. The lowest BCUT2D eigenvalue weighted by molar-refractivity contribution is 0.987. The fraction of sp³-hybridized carbons (Fsp3) is 0.0667. The second-order valence-electron chi connectivity index (χ2n) is 11.7. The van der Waals surface area contributed by atoms with E-state index in [0.717, 1.165) is 19.0 Å². The van der Waals surface area contributed by atoms with Crippen molar-refractivity contribution in [2.45, 2.75) is 12.8 Å². The van der Waals surface area contributed by atoms with Crippen molar-refractivity contribution in [3.8, 4) is 11.1 Å². The van der Waals surface area contributed by atoms with Crippen LogP contribution in [0.4, 0.5) is 0 Å². The first-order chi connectivity index (χ1) is 23.3. The molecule has 0 radical (unpaired) electrons. The molecule has 47 heavy (non-hydrogen) atoms. The van der Waals surface area contributed by atoms with Crippen molar-refractivity contribution in [1.82, 2.24) is 0 Å². The Morgan fingerprint density at radius 2 is 1.21 bits per heavy atom. The van der Waals surface area contributed by atoms with E-state index in [9.17, 15) is 0 Å².